The van der Waals surface area contributed by atoms with E-state index in [-0.39, 0.29) is 12.0 Å². The molecule has 1 aliphatic heterocycles. The Hall–Kier alpha value is -0.610. The van der Waals surface area contributed by atoms with Gasteiger partial charge in [0.25, 0.3) is 0 Å². The minimum Gasteiger partial charge on any atom is -0.465 e. The van der Waals surface area contributed by atoms with Gasteiger partial charge in [0.15, 0.2) is 0 Å². The van der Waals surface area contributed by atoms with E-state index < -0.39 is 0 Å². The van der Waals surface area contributed by atoms with E-state index in [1.165, 1.54) is 19.3 Å². The van der Waals surface area contributed by atoms with Gasteiger partial charge in [-0.3, -0.25) is 9.69 Å². The highest BCUT2D eigenvalue weighted by Crippen LogP contribution is 2.20. The summed E-state index contributed by atoms with van der Waals surface area (Å²) in [6, 6.07) is -0.0473. The van der Waals surface area contributed by atoms with Crippen molar-refractivity contribution in [3.8, 4) is 0 Å². The summed E-state index contributed by atoms with van der Waals surface area (Å²) >= 11 is 0. The first-order valence-corrected chi connectivity index (χ1v) is 7.84. The van der Waals surface area contributed by atoms with Crippen LogP contribution in [0.2, 0.25) is 0 Å². The molecule has 19 heavy (non-hydrogen) atoms. The molecule has 0 saturated carbocycles. The first kappa shape index (κ1) is 16.4. The summed E-state index contributed by atoms with van der Waals surface area (Å²) in [4.78, 5) is 14.3. The van der Waals surface area contributed by atoms with Crippen LogP contribution in [-0.4, -0.2) is 49.7 Å². The monoisotopic (exact) mass is 270 g/mol. The molecule has 0 aromatic carbocycles. The van der Waals surface area contributed by atoms with Crippen LogP contribution in [0.25, 0.3) is 0 Å². The summed E-state index contributed by atoms with van der Waals surface area (Å²) in [6.45, 7) is 10.8. The highest BCUT2D eigenvalue weighted by atomic mass is 16.5. The molecule has 4 heteroatoms. The molecule has 0 aromatic rings. The molecule has 0 aromatic heterocycles. The Morgan fingerprint density at radius 2 is 2.21 bits per heavy atom. The summed E-state index contributed by atoms with van der Waals surface area (Å²) in [5, 5.41) is 3.49. The molecule has 1 saturated heterocycles. The number of carbonyl (C=O) groups excluding carboxylic acids is 1. The van der Waals surface area contributed by atoms with Gasteiger partial charge in [0.2, 0.25) is 0 Å². The maximum Gasteiger partial charge on any atom is 0.323 e. The van der Waals surface area contributed by atoms with Crippen LogP contribution in [-0.2, 0) is 9.53 Å². The minimum absolute atomic E-state index is 0.0473. The molecule has 0 aliphatic carbocycles. The number of rotatable bonds is 8. The summed E-state index contributed by atoms with van der Waals surface area (Å²) in [6.07, 6.45) is 4.48. The summed E-state index contributed by atoms with van der Waals surface area (Å²) < 4.78 is 5.19. The van der Waals surface area contributed by atoms with E-state index in [4.69, 9.17) is 4.74 Å². The lowest BCUT2D eigenvalue weighted by Crippen LogP contribution is -2.48. The average Bonchev–Trinajstić information content (AvgIpc) is 2.41. The molecular weight excluding hydrogens is 240 g/mol. The zero-order valence-corrected chi connectivity index (χ0v) is 12.8. The maximum absolute atomic E-state index is 12.0. The van der Waals surface area contributed by atoms with Crippen molar-refractivity contribution in [1.82, 2.24) is 10.2 Å². The van der Waals surface area contributed by atoms with Crippen molar-refractivity contribution in [2.24, 2.45) is 5.92 Å². The fourth-order valence-corrected chi connectivity index (χ4v) is 2.84. The predicted octanol–water partition coefficient (Wildman–Crippen LogP) is 2.04. The molecule has 2 unspecified atom stereocenters. The van der Waals surface area contributed by atoms with E-state index in [1.54, 1.807) is 0 Å². The Balaban J connectivity index is 2.44. The number of hydrogen-bond donors (Lipinski definition) is 1. The van der Waals surface area contributed by atoms with Gasteiger partial charge in [-0.25, -0.2) is 0 Å². The van der Waals surface area contributed by atoms with Gasteiger partial charge in [-0.15, -0.1) is 0 Å². The standard InChI is InChI=1S/C15H30N2O2/c1-4-9-16-11-13-8-7-10-17(12-13)14(5-2)15(18)19-6-3/h13-14,16H,4-12H2,1-3H3. The van der Waals surface area contributed by atoms with Gasteiger partial charge >= 0.3 is 5.97 Å². The average molecular weight is 270 g/mol. The highest BCUT2D eigenvalue weighted by Gasteiger charge is 2.29. The molecule has 0 amide bonds. The third-order valence-electron chi connectivity index (χ3n) is 3.80. The molecule has 1 aliphatic rings. The first-order valence-electron chi connectivity index (χ1n) is 7.84. The topological polar surface area (TPSA) is 41.6 Å². The Bertz CT molecular complexity index is 259. The largest absolute Gasteiger partial charge is 0.465 e. The molecule has 1 fully saturated rings. The van der Waals surface area contributed by atoms with E-state index in [2.05, 4.69) is 24.1 Å². The van der Waals surface area contributed by atoms with Crippen LogP contribution in [0, 0.1) is 5.92 Å². The lowest BCUT2D eigenvalue weighted by atomic mass is 9.96. The van der Waals surface area contributed by atoms with Crippen LogP contribution in [0.1, 0.15) is 46.5 Å². The second kappa shape index (κ2) is 9.32. The summed E-state index contributed by atoms with van der Waals surface area (Å²) in [7, 11) is 0. The summed E-state index contributed by atoms with van der Waals surface area (Å²) in [5.41, 5.74) is 0. The second-order valence-corrected chi connectivity index (χ2v) is 5.38. The van der Waals surface area contributed by atoms with Gasteiger partial charge in [-0.1, -0.05) is 13.8 Å². The first-order chi connectivity index (χ1) is 9.22. The number of nitrogens with zero attached hydrogens (tertiary/aromatic N) is 1. The molecule has 0 spiro atoms. The molecule has 0 bridgehead atoms. The third kappa shape index (κ3) is 5.49. The van der Waals surface area contributed by atoms with Gasteiger partial charge in [0.05, 0.1) is 6.61 Å². The number of ether oxygens (including phenoxy) is 1. The molecule has 1 rings (SSSR count). The van der Waals surface area contributed by atoms with Gasteiger partial charge in [-0.05, 0) is 58.2 Å². The summed E-state index contributed by atoms with van der Waals surface area (Å²) in [5.74, 6) is 0.621. The number of likely N-dealkylation sites (tertiary alicyclic amines) is 1. The van der Waals surface area contributed by atoms with Crippen molar-refractivity contribution in [2.75, 3.05) is 32.8 Å². The fraction of sp³-hybridized carbons (Fsp3) is 0.933. The van der Waals surface area contributed by atoms with Crippen LogP contribution in [0.4, 0.5) is 0 Å². The van der Waals surface area contributed by atoms with Crippen LogP contribution in [0.15, 0.2) is 0 Å². The van der Waals surface area contributed by atoms with Crippen molar-refractivity contribution in [2.45, 2.75) is 52.5 Å². The molecule has 4 nitrogen and oxygen atoms in total. The van der Waals surface area contributed by atoms with Crippen LogP contribution < -0.4 is 5.32 Å². The SMILES string of the molecule is CCCNCC1CCCN(C(CC)C(=O)OCC)C1. The zero-order chi connectivity index (χ0) is 14.1. The number of piperidine rings is 1. The quantitative estimate of drug-likeness (QED) is 0.541. The minimum atomic E-state index is -0.0489. The molecule has 1 N–H and O–H groups in total. The van der Waals surface area contributed by atoms with Crippen LogP contribution >= 0.6 is 0 Å². The lowest BCUT2D eigenvalue weighted by molar-refractivity contribution is -0.150. The van der Waals surface area contributed by atoms with Gasteiger partial charge in [0.1, 0.15) is 6.04 Å². The molecular formula is C15H30N2O2. The number of hydrogen-bond acceptors (Lipinski definition) is 4. The number of carbonyl (C=O) groups is 1. The van der Waals surface area contributed by atoms with Crippen LogP contribution in [0.3, 0.4) is 0 Å². The smallest absolute Gasteiger partial charge is 0.323 e. The second-order valence-electron chi connectivity index (χ2n) is 5.38. The molecule has 2 atom stereocenters. The number of esters is 1. The van der Waals surface area contributed by atoms with E-state index in [0.29, 0.717) is 12.5 Å². The molecule has 1 heterocycles. The van der Waals surface area contributed by atoms with Gasteiger partial charge in [-0.2, -0.15) is 0 Å². The van der Waals surface area contributed by atoms with E-state index in [9.17, 15) is 4.79 Å². The van der Waals surface area contributed by atoms with E-state index in [0.717, 1.165) is 32.6 Å². The highest BCUT2D eigenvalue weighted by molar-refractivity contribution is 5.75. The normalized spacial score (nSPS) is 22.2. The Morgan fingerprint density at radius 3 is 2.84 bits per heavy atom. The lowest BCUT2D eigenvalue weighted by Gasteiger charge is -2.36. The van der Waals surface area contributed by atoms with Crippen molar-refractivity contribution in [1.29, 1.82) is 0 Å². The predicted molar refractivity (Wildman–Crippen MR) is 78.2 cm³/mol. The van der Waals surface area contributed by atoms with Crippen molar-refractivity contribution in [3.05, 3.63) is 0 Å². The number of nitrogens with one attached hydrogen (secondary N) is 1. The Morgan fingerprint density at radius 1 is 1.42 bits per heavy atom. The molecule has 112 valence electrons. The van der Waals surface area contributed by atoms with Gasteiger partial charge < -0.3 is 10.1 Å². The van der Waals surface area contributed by atoms with Gasteiger partial charge in [0, 0.05) is 6.54 Å². The van der Waals surface area contributed by atoms with E-state index >= 15 is 0 Å². The fourth-order valence-electron chi connectivity index (χ4n) is 2.84. The van der Waals surface area contributed by atoms with Crippen molar-refractivity contribution >= 4 is 5.97 Å². The molecule has 0 radical (unpaired) electrons. The maximum atomic E-state index is 12.0. The van der Waals surface area contributed by atoms with Crippen molar-refractivity contribution < 1.29 is 9.53 Å². The zero-order valence-electron chi connectivity index (χ0n) is 12.8. The third-order valence-corrected chi connectivity index (χ3v) is 3.80. The Labute approximate surface area is 117 Å². The van der Waals surface area contributed by atoms with Crippen LogP contribution in [0.5, 0.6) is 0 Å². The van der Waals surface area contributed by atoms with Crippen molar-refractivity contribution in [3.63, 3.8) is 0 Å². The Kier molecular flexibility index (Phi) is 8.07. The van der Waals surface area contributed by atoms with E-state index in [1.807, 2.05) is 6.92 Å².